The summed E-state index contributed by atoms with van der Waals surface area (Å²) < 4.78 is 11.2. The van der Waals surface area contributed by atoms with Crippen LogP contribution in [0.1, 0.15) is 62.9 Å². The molecule has 2 saturated heterocycles. The first kappa shape index (κ1) is 18.8. The van der Waals surface area contributed by atoms with Crippen molar-refractivity contribution in [2.75, 3.05) is 19.8 Å². The fraction of sp³-hybridized carbons (Fsp3) is 0.632. The number of allylic oxidation sites excluding steroid dienone is 2. The molecule has 1 aromatic rings. The number of aromatic amines is 1. The lowest BCUT2D eigenvalue weighted by Crippen LogP contribution is -2.34. The van der Waals surface area contributed by atoms with Gasteiger partial charge < -0.3 is 25.2 Å². The van der Waals surface area contributed by atoms with Gasteiger partial charge in [0.15, 0.2) is 0 Å². The molecule has 3 heterocycles. The van der Waals surface area contributed by atoms with Gasteiger partial charge in [-0.05, 0) is 38.5 Å². The lowest BCUT2D eigenvalue weighted by molar-refractivity contribution is 0.000804. The quantitative estimate of drug-likeness (QED) is 0.677. The van der Waals surface area contributed by atoms with Crippen LogP contribution in [0.4, 0.5) is 0 Å². The maximum atomic E-state index is 12.2. The van der Waals surface area contributed by atoms with E-state index in [0.29, 0.717) is 31.0 Å². The molecular weight excluding hydrogens is 332 g/mol. The van der Waals surface area contributed by atoms with Crippen LogP contribution >= 0.6 is 0 Å². The Morgan fingerprint density at radius 2 is 2.15 bits per heavy atom. The van der Waals surface area contributed by atoms with E-state index in [0.717, 1.165) is 50.1 Å². The summed E-state index contributed by atoms with van der Waals surface area (Å²) in [7, 11) is 0. The van der Waals surface area contributed by atoms with Gasteiger partial charge in [-0.15, -0.1) is 0 Å². The van der Waals surface area contributed by atoms with E-state index in [-0.39, 0.29) is 17.7 Å². The van der Waals surface area contributed by atoms with E-state index >= 15 is 0 Å². The molecule has 2 aliphatic heterocycles. The lowest BCUT2D eigenvalue weighted by Gasteiger charge is -2.26. The van der Waals surface area contributed by atoms with E-state index in [1.165, 1.54) is 6.21 Å². The van der Waals surface area contributed by atoms with Gasteiger partial charge >= 0.3 is 0 Å². The molecule has 7 nitrogen and oxygen atoms in total. The minimum absolute atomic E-state index is 0.0425. The predicted molar refractivity (Wildman–Crippen MR) is 100 cm³/mol. The molecule has 0 aromatic carbocycles. The number of nitrogens with one attached hydrogen (secondary N) is 3. The van der Waals surface area contributed by atoms with Crippen LogP contribution in [0.25, 0.3) is 5.57 Å². The summed E-state index contributed by atoms with van der Waals surface area (Å²) in [5.41, 5.74) is 2.10. The summed E-state index contributed by atoms with van der Waals surface area (Å²) in [6, 6.07) is 1.57. The third-order valence-corrected chi connectivity index (χ3v) is 4.99. The Morgan fingerprint density at radius 3 is 2.81 bits per heavy atom. The van der Waals surface area contributed by atoms with E-state index in [9.17, 15) is 4.79 Å². The molecule has 2 aliphatic rings. The third-order valence-electron chi connectivity index (χ3n) is 4.99. The van der Waals surface area contributed by atoms with E-state index in [1.807, 2.05) is 6.92 Å². The molecule has 0 radical (unpaired) electrons. The first-order chi connectivity index (χ1) is 12.7. The highest BCUT2D eigenvalue weighted by atomic mass is 16.5. The number of aromatic nitrogens is 2. The van der Waals surface area contributed by atoms with Gasteiger partial charge in [0.05, 0.1) is 11.3 Å². The van der Waals surface area contributed by atoms with Gasteiger partial charge in [-0.3, -0.25) is 4.79 Å². The Labute approximate surface area is 153 Å². The second kappa shape index (κ2) is 9.09. The molecule has 3 N–H and O–H groups in total. The zero-order valence-corrected chi connectivity index (χ0v) is 15.3. The van der Waals surface area contributed by atoms with E-state index in [2.05, 4.69) is 15.3 Å². The van der Waals surface area contributed by atoms with Crippen molar-refractivity contribution in [2.45, 2.75) is 57.6 Å². The van der Waals surface area contributed by atoms with Gasteiger partial charge in [-0.1, -0.05) is 6.92 Å². The number of rotatable bonds is 6. The van der Waals surface area contributed by atoms with Crippen molar-refractivity contribution in [1.82, 2.24) is 15.3 Å². The largest absolute Gasteiger partial charge is 0.381 e. The summed E-state index contributed by atoms with van der Waals surface area (Å²) in [5.74, 6) is 0.686. The van der Waals surface area contributed by atoms with Crippen molar-refractivity contribution in [3.63, 3.8) is 0 Å². The molecule has 1 aromatic heterocycles. The third kappa shape index (κ3) is 4.59. The second-order valence-corrected chi connectivity index (χ2v) is 6.80. The number of hydrogen-bond acceptors (Lipinski definition) is 6. The molecule has 26 heavy (non-hydrogen) atoms. The SMILES string of the molecule is CC/C(NC1CCCCO1)=C(/C=N)c1nc(C2CCOCC2)cc(=O)[nH]1. The minimum atomic E-state index is -0.180. The summed E-state index contributed by atoms with van der Waals surface area (Å²) >= 11 is 0. The summed E-state index contributed by atoms with van der Waals surface area (Å²) in [6.45, 7) is 4.17. The average molecular weight is 360 g/mol. The van der Waals surface area contributed by atoms with Crippen LogP contribution in [0.3, 0.4) is 0 Å². The van der Waals surface area contributed by atoms with Crippen LogP contribution in [0.5, 0.6) is 0 Å². The maximum Gasteiger partial charge on any atom is 0.251 e. The van der Waals surface area contributed by atoms with Crippen molar-refractivity contribution < 1.29 is 9.47 Å². The Hall–Kier alpha value is -1.99. The summed E-state index contributed by atoms with van der Waals surface area (Å²) in [5, 5.41) is 11.3. The Balaban J connectivity index is 1.90. The van der Waals surface area contributed by atoms with Crippen LogP contribution < -0.4 is 10.9 Å². The molecule has 3 rings (SSSR count). The molecule has 7 heteroatoms. The summed E-state index contributed by atoms with van der Waals surface area (Å²) in [4.78, 5) is 19.7. The Kier molecular flexibility index (Phi) is 6.57. The van der Waals surface area contributed by atoms with Gasteiger partial charge in [0.2, 0.25) is 0 Å². The normalized spacial score (nSPS) is 22.6. The standard InChI is InChI=1S/C19H28N4O3/c1-2-15(21-18-5-3-4-8-26-18)14(12-20)19-22-16(11-17(24)23-19)13-6-9-25-10-7-13/h11-13,18,20-21H,2-10H2,1H3,(H,22,23,24)/b15-14+,20-12?. The molecule has 2 fully saturated rings. The maximum absolute atomic E-state index is 12.2. The van der Waals surface area contributed by atoms with Crippen LogP contribution in [0.15, 0.2) is 16.6 Å². The molecule has 0 bridgehead atoms. The molecule has 1 unspecified atom stereocenters. The van der Waals surface area contributed by atoms with Crippen molar-refractivity contribution in [2.24, 2.45) is 0 Å². The minimum Gasteiger partial charge on any atom is -0.381 e. The van der Waals surface area contributed by atoms with Crippen LogP contribution in [-0.4, -0.2) is 42.2 Å². The highest BCUT2D eigenvalue weighted by Crippen LogP contribution is 2.25. The van der Waals surface area contributed by atoms with Crippen LogP contribution in [0, 0.1) is 5.41 Å². The molecule has 0 amide bonds. The van der Waals surface area contributed by atoms with Crippen molar-refractivity contribution in [3.05, 3.63) is 33.6 Å². The average Bonchev–Trinajstić information content (AvgIpc) is 2.69. The highest BCUT2D eigenvalue weighted by molar-refractivity contribution is 6.07. The summed E-state index contributed by atoms with van der Waals surface area (Å²) in [6.07, 6.45) is 6.82. The topological polar surface area (TPSA) is 100 Å². The molecule has 0 aliphatic carbocycles. The monoisotopic (exact) mass is 360 g/mol. The molecule has 1 atom stereocenters. The number of ether oxygens (including phenoxy) is 2. The van der Waals surface area contributed by atoms with E-state index in [4.69, 9.17) is 14.9 Å². The number of H-pyrrole nitrogens is 1. The smallest absolute Gasteiger partial charge is 0.251 e. The van der Waals surface area contributed by atoms with E-state index in [1.54, 1.807) is 6.07 Å². The number of hydrogen-bond donors (Lipinski definition) is 3. The van der Waals surface area contributed by atoms with Crippen molar-refractivity contribution in [1.29, 1.82) is 5.41 Å². The zero-order chi connectivity index (χ0) is 18.4. The van der Waals surface area contributed by atoms with Crippen molar-refractivity contribution in [3.8, 4) is 0 Å². The lowest BCUT2D eigenvalue weighted by atomic mass is 9.96. The van der Waals surface area contributed by atoms with Crippen molar-refractivity contribution >= 4 is 11.8 Å². The Bertz CT molecular complexity index is 701. The van der Waals surface area contributed by atoms with Gasteiger partial charge in [0, 0.05) is 43.7 Å². The first-order valence-corrected chi connectivity index (χ1v) is 9.52. The van der Waals surface area contributed by atoms with Gasteiger partial charge in [-0.25, -0.2) is 4.98 Å². The van der Waals surface area contributed by atoms with E-state index < -0.39 is 0 Å². The molecular formula is C19H28N4O3. The Morgan fingerprint density at radius 1 is 1.35 bits per heavy atom. The van der Waals surface area contributed by atoms with Gasteiger partial charge in [0.1, 0.15) is 12.1 Å². The zero-order valence-electron chi connectivity index (χ0n) is 15.3. The highest BCUT2D eigenvalue weighted by Gasteiger charge is 2.21. The number of nitrogens with zero attached hydrogens (tertiary/aromatic N) is 1. The van der Waals surface area contributed by atoms with Crippen LogP contribution in [0.2, 0.25) is 0 Å². The second-order valence-electron chi connectivity index (χ2n) is 6.80. The van der Waals surface area contributed by atoms with Crippen LogP contribution in [-0.2, 0) is 9.47 Å². The molecule has 0 saturated carbocycles. The molecule has 0 spiro atoms. The van der Waals surface area contributed by atoms with Gasteiger partial charge in [0.25, 0.3) is 5.56 Å². The molecule has 142 valence electrons. The first-order valence-electron chi connectivity index (χ1n) is 9.52. The fourth-order valence-corrected chi connectivity index (χ4v) is 3.52. The van der Waals surface area contributed by atoms with Gasteiger partial charge in [-0.2, -0.15) is 0 Å². The fourth-order valence-electron chi connectivity index (χ4n) is 3.52. The predicted octanol–water partition coefficient (Wildman–Crippen LogP) is 2.55.